The topological polar surface area (TPSA) is 52.3 Å². The van der Waals surface area contributed by atoms with Gasteiger partial charge in [0.1, 0.15) is 5.54 Å². The molecule has 0 radical (unpaired) electrons. The molecule has 2 N–H and O–H groups in total. The van der Waals surface area contributed by atoms with Crippen LogP contribution in [-0.2, 0) is 9.53 Å². The molecule has 1 aliphatic rings. The van der Waals surface area contributed by atoms with Crippen molar-refractivity contribution in [1.82, 2.24) is 0 Å². The van der Waals surface area contributed by atoms with Gasteiger partial charge in [-0.05, 0) is 32.1 Å². The van der Waals surface area contributed by atoms with Crippen molar-refractivity contribution in [1.29, 1.82) is 0 Å². The molecule has 0 amide bonds. The second-order valence-electron chi connectivity index (χ2n) is 4.96. The van der Waals surface area contributed by atoms with Crippen molar-refractivity contribution >= 4 is 5.97 Å². The molecule has 0 saturated heterocycles. The average Bonchev–Trinajstić information content (AvgIpc) is 2.43. The summed E-state index contributed by atoms with van der Waals surface area (Å²) in [5, 5.41) is 0. The fraction of sp³-hybridized carbons (Fsp3) is 0.923. The highest BCUT2D eigenvalue weighted by Gasteiger charge is 2.37. The molecule has 2 unspecified atom stereocenters. The summed E-state index contributed by atoms with van der Waals surface area (Å²) in [4.78, 5) is 11.8. The van der Waals surface area contributed by atoms with E-state index >= 15 is 0 Å². The lowest BCUT2D eigenvalue weighted by atomic mass is 9.90. The smallest absolute Gasteiger partial charge is 0.326 e. The third-order valence-electron chi connectivity index (χ3n) is 3.61. The number of hydrogen-bond donors (Lipinski definition) is 1. The number of carbonyl (C=O) groups is 1. The van der Waals surface area contributed by atoms with Gasteiger partial charge in [0.25, 0.3) is 0 Å². The summed E-state index contributed by atoms with van der Waals surface area (Å²) in [5.41, 5.74) is 5.46. The first-order chi connectivity index (χ1) is 7.62. The molecule has 0 aromatic rings. The van der Waals surface area contributed by atoms with E-state index < -0.39 is 5.54 Å². The first kappa shape index (κ1) is 13.5. The highest BCUT2D eigenvalue weighted by molar-refractivity contribution is 5.80. The predicted octanol–water partition coefficient (Wildman–Crippen LogP) is 2.63. The fourth-order valence-corrected chi connectivity index (χ4v) is 2.61. The van der Waals surface area contributed by atoms with Crippen LogP contribution in [0.25, 0.3) is 0 Å². The van der Waals surface area contributed by atoms with Crippen LogP contribution in [0, 0.1) is 5.92 Å². The van der Waals surface area contributed by atoms with Crippen LogP contribution >= 0.6 is 0 Å². The van der Waals surface area contributed by atoms with Gasteiger partial charge in [-0.1, -0.05) is 32.6 Å². The number of carbonyl (C=O) groups excluding carboxylic acids is 1. The van der Waals surface area contributed by atoms with Gasteiger partial charge in [-0.15, -0.1) is 0 Å². The van der Waals surface area contributed by atoms with E-state index in [0.717, 1.165) is 31.6 Å². The predicted molar refractivity (Wildman–Crippen MR) is 65.0 cm³/mol. The zero-order chi connectivity index (χ0) is 12.0. The van der Waals surface area contributed by atoms with Crippen LogP contribution in [0.3, 0.4) is 0 Å². The summed E-state index contributed by atoms with van der Waals surface area (Å²) in [5.74, 6) is 0.553. The summed E-state index contributed by atoms with van der Waals surface area (Å²) in [6, 6.07) is 0. The van der Waals surface area contributed by atoms with Crippen molar-refractivity contribution in [2.24, 2.45) is 11.7 Å². The molecule has 0 aromatic carbocycles. The molecule has 2 atom stereocenters. The second kappa shape index (κ2) is 6.24. The third-order valence-corrected chi connectivity index (χ3v) is 3.61. The zero-order valence-electron chi connectivity index (χ0n) is 10.6. The van der Waals surface area contributed by atoms with Crippen molar-refractivity contribution in [3.63, 3.8) is 0 Å². The first-order valence-corrected chi connectivity index (χ1v) is 6.58. The van der Waals surface area contributed by atoms with Crippen molar-refractivity contribution in [3.8, 4) is 0 Å². The fourth-order valence-electron chi connectivity index (χ4n) is 2.61. The van der Waals surface area contributed by atoms with Crippen LogP contribution in [-0.4, -0.2) is 18.1 Å². The molecular formula is C13H25NO2. The highest BCUT2D eigenvalue weighted by Crippen LogP contribution is 2.31. The lowest BCUT2D eigenvalue weighted by Gasteiger charge is -2.25. The van der Waals surface area contributed by atoms with Gasteiger partial charge in [0.05, 0.1) is 6.61 Å². The van der Waals surface area contributed by atoms with E-state index in [1.165, 1.54) is 19.3 Å². The summed E-state index contributed by atoms with van der Waals surface area (Å²) in [6.07, 6.45) is 7.40. The number of hydrogen-bond acceptors (Lipinski definition) is 3. The van der Waals surface area contributed by atoms with Crippen LogP contribution in [0.2, 0.25) is 0 Å². The van der Waals surface area contributed by atoms with Gasteiger partial charge >= 0.3 is 5.97 Å². The maximum atomic E-state index is 11.8. The summed E-state index contributed by atoms with van der Waals surface area (Å²) < 4.78 is 5.07. The molecule has 1 fully saturated rings. The van der Waals surface area contributed by atoms with Crippen molar-refractivity contribution in [2.75, 3.05) is 6.61 Å². The van der Waals surface area contributed by atoms with Gasteiger partial charge in [0.2, 0.25) is 0 Å². The number of esters is 1. The van der Waals surface area contributed by atoms with E-state index in [2.05, 4.69) is 6.92 Å². The lowest BCUT2D eigenvalue weighted by molar-refractivity contribution is -0.150. The number of nitrogens with two attached hydrogens (primary N) is 1. The Hall–Kier alpha value is -0.570. The summed E-state index contributed by atoms with van der Waals surface area (Å²) >= 11 is 0. The zero-order valence-corrected chi connectivity index (χ0v) is 10.6. The quantitative estimate of drug-likeness (QED) is 0.593. The molecule has 0 aliphatic heterocycles. The Morgan fingerprint density at radius 3 is 2.75 bits per heavy atom. The van der Waals surface area contributed by atoms with Crippen LogP contribution in [0.4, 0.5) is 0 Å². The number of rotatable bonds is 4. The van der Waals surface area contributed by atoms with E-state index in [9.17, 15) is 4.79 Å². The molecule has 1 saturated carbocycles. The maximum Gasteiger partial charge on any atom is 0.326 e. The molecule has 0 bridgehead atoms. The first-order valence-electron chi connectivity index (χ1n) is 6.58. The molecule has 3 nitrogen and oxygen atoms in total. The van der Waals surface area contributed by atoms with Gasteiger partial charge in [0, 0.05) is 0 Å². The Balaban J connectivity index is 2.53. The van der Waals surface area contributed by atoms with E-state index in [1.807, 2.05) is 6.92 Å². The normalized spacial score (nSPS) is 30.8. The minimum absolute atomic E-state index is 0.202. The minimum Gasteiger partial charge on any atom is -0.465 e. The SMILES string of the molecule is CCCC1CCCC(N)(C(=O)OCC)CC1. The maximum absolute atomic E-state index is 11.8. The lowest BCUT2D eigenvalue weighted by Crippen LogP contribution is -2.48. The minimum atomic E-state index is -0.710. The van der Waals surface area contributed by atoms with Gasteiger partial charge in [-0.3, -0.25) is 4.79 Å². The van der Waals surface area contributed by atoms with Crippen molar-refractivity contribution < 1.29 is 9.53 Å². The third kappa shape index (κ3) is 3.48. The molecular weight excluding hydrogens is 202 g/mol. The van der Waals surface area contributed by atoms with E-state index in [1.54, 1.807) is 0 Å². The summed E-state index contributed by atoms with van der Waals surface area (Å²) in [7, 11) is 0. The van der Waals surface area contributed by atoms with Gasteiger partial charge in [-0.2, -0.15) is 0 Å². The van der Waals surface area contributed by atoms with Crippen molar-refractivity contribution in [2.45, 2.75) is 64.3 Å². The molecule has 1 aliphatic carbocycles. The van der Waals surface area contributed by atoms with E-state index in [-0.39, 0.29) is 5.97 Å². The van der Waals surface area contributed by atoms with E-state index in [0.29, 0.717) is 6.61 Å². The Bertz CT molecular complexity index is 230. The summed E-state index contributed by atoms with van der Waals surface area (Å²) in [6.45, 7) is 4.47. The average molecular weight is 227 g/mol. The van der Waals surface area contributed by atoms with Gasteiger partial charge in [0.15, 0.2) is 0 Å². The van der Waals surface area contributed by atoms with E-state index in [4.69, 9.17) is 10.5 Å². The molecule has 0 spiro atoms. The highest BCUT2D eigenvalue weighted by atomic mass is 16.5. The van der Waals surface area contributed by atoms with Crippen LogP contribution in [0.5, 0.6) is 0 Å². The molecule has 94 valence electrons. The molecule has 1 rings (SSSR count). The Kier molecular flexibility index (Phi) is 5.26. The molecule has 3 heteroatoms. The second-order valence-corrected chi connectivity index (χ2v) is 4.96. The standard InChI is InChI=1S/C13H25NO2/c1-3-6-11-7-5-9-13(14,10-8-11)12(15)16-4-2/h11H,3-10,14H2,1-2H3. The Labute approximate surface area is 98.7 Å². The number of ether oxygens (including phenoxy) is 1. The van der Waals surface area contributed by atoms with Gasteiger partial charge in [-0.25, -0.2) is 0 Å². The van der Waals surface area contributed by atoms with Gasteiger partial charge < -0.3 is 10.5 Å². The Morgan fingerprint density at radius 2 is 2.12 bits per heavy atom. The largest absolute Gasteiger partial charge is 0.465 e. The molecule has 0 aromatic heterocycles. The monoisotopic (exact) mass is 227 g/mol. The molecule has 16 heavy (non-hydrogen) atoms. The molecule has 0 heterocycles. The van der Waals surface area contributed by atoms with Crippen LogP contribution < -0.4 is 5.73 Å². The van der Waals surface area contributed by atoms with Crippen LogP contribution in [0.1, 0.15) is 58.8 Å². The van der Waals surface area contributed by atoms with Crippen molar-refractivity contribution in [3.05, 3.63) is 0 Å². The Morgan fingerprint density at radius 1 is 1.38 bits per heavy atom. The van der Waals surface area contributed by atoms with Crippen LogP contribution in [0.15, 0.2) is 0 Å².